The molecule has 0 unspecified atom stereocenters. The first kappa shape index (κ1) is 14.8. The first-order valence-corrected chi connectivity index (χ1v) is 7.16. The summed E-state index contributed by atoms with van der Waals surface area (Å²) in [6.07, 6.45) is 0. The van der Waals surface area contributed by atoms with Crippen LogP contribution in [0, 0.1) is 11.8 Å². The second-order valence-electron chi connectivity index (χ2n) is 5.10. The minimum absolute atomic E-state index is 0.264. The highest BCUT2D eigenvalue weighted by Gasteiger charge is 2.00. The summed E-state index contributed by atoms with van der Waals surface area (Å²) < 4.78 is 10.5. The molecule has 3 rings (SSSR count). The zero-order chi connectivity index (χ0) is 16.2. The summed E-state index contributed by atoms with van der Waals surface area (Å²) in [7, 11) is 3.23. The third-order valence-corrected chi connectivity index (χ3v) is 3.53. The topological polar surface area (TPSA) is 38.7 Å². The zero-order valence-corrected chi connectivity index (χ0v) is 13.0. The van der Waals surface area contributed by atoms with Crippen LogP contribution in [0.4, 0.5) is 0 Å². The number of rotatable bonds is 2. The van der Waals surface area contributed by atoms with E-state index in [1.54, 1.807) is 26.4 Å². The number of hydrogen-bond donors (Lipinski definition) is 1. The Morgan fingerprint density at radius 2 is 1.30 bits per heavy atom. The number of ether oxygens (including phenoxy) is 2. The lowest BCUT2D eigenvalue weighted by Crippen LogP contribution is -1.88. The quantitative estimate of drug-likeness (QED) is 0.728. The van der Waals surface area contributed by atoms with Gasteiger partial charge in [0.05, 0.1) is 14.2 Å². The van der Waals surface area contributed by atoms with Crippen molar-refractivity contribution in [3.8, 4) is 29.1 Å². The summed E-state index contributed by atoms with van der Waals surface area (Å²) in [5, 5.41) is 11.5. The molecule has 114 valence electrons. The molecule has 0 saturated carbocycles. The van der Waals surface area contributed by atoms with Crippen LogP contribution in [-0.4, -0.2) is 19.3 Å². The van der Waals surface area contributed by atoms with Gasteiger partial charge in [-0.2, -0.15) is 0 Å². The molecule has 0 radical (unpaired) electrons. The predicted octanol–water partition coefficient (Wildman–Crippen LogP) is 3.96. The lowest BCUT2D eigenvalue weighted by molar-refractivity contribution is 0.394. The summed E-state index contributed by atoms with van der Waals surface area (Å²) in [4.78, 5) is 0. The van der Waals surface area contributed by atoms with E-state index in [0.717, 1.165) is 21.9 Å². The van der Waals surface area contributed by atoms with Crippen molar-refractivity contribution >= 4 is 10.8 Å². The second kappa shape index (κ2) is 6.33. The van der Waals surface area contributed by atoms with E-state index in [1.165, 1.54) is 0 Å². The van der Waals surface area contributed by atoms with Crippen LogP contribution in [0.15, 0.2) is 54.6 Å². The van der Waals surface area contributed by atoms with Crippen molar-refractivity contribution in [3.05, 3.63) is 65.7 Å². The number of aromatic hydroxyl groups is 1. The zero-order valence-electron chi connectivity index (χ0n) is 13.0. The summed E-state index contributed by atoms with van der Waals surface area (Å²) in [5.74, 6) is 7.96. The molecule has 3 aromatic carbocycles. The fourth-order valence-corrected chi connectivity index (χ4v) is 2.33. The number of fused-ring (bicyclic) bond motifs is 1. The molecule has 0 heterocycles. The van der Waals surface area contributed by atoms with Gasteiger partial charge in [0.25, 0.3) is 0 Å². The van der Waals surface area contributed by atoms with E-state index in [1.807, 2.05) is 42.5 Å². The standard InChI is InChI=1S/C20H16O3/c1-22-19-10-15(11-20(13-19)23-2)4-3-14-5-6-17-12-18(21)8-7-16(17)9-14/h5-13,21H,1-2H3. The Hall–Kier alpha value is -3.12. The van der Waals surface area contributed by atoms with E-state index in [0.29, 0.717) is 11.5 Å². The van der Waals surface area contributed by atoms with Crippen molar-refractivity contribution in [2.24, 2.45) is 0 Å². The summed E-state index contributed by atoms with van der Waals surface area (Å²) in [5.41, 5.74) is 1.73. The van der Waals surface area contributed by atoms with Gasteiger partial charge in [0, 0.05) is 17.2 Å². The fraction of sp³-hybridized carbons (Fsp3) is 0.100. The smallest absolute Gasteiger partial charge is 0.123 e. The maximum absolute atomic E-state index is 9.50. The minimum atomic E-state index is 0.264. The third kappa shape index (κ3) is 3.38. The van der Waals surface area contributed by atoms with Crippen LogP contribution in [0.2, 0.25) is 0 Å². The number of methoxy groups -OCH3 is 2. The summed E-state index contributed by atoms with van der Waals surface area (Å²) >= 11 is 0. The molecule has 0 spiro atoms. The Balaban J connectivity index is 1.96. The van der Waals surface area contributed by atoms with E-state index < -0.39 is 0 Å². The van der Waals surface area contributed by atoms with E-state index in [4.69, 9.17) is 9.47 Å². The Bertz CT molecular complexity index is 895. The van der Waals surface area contributed by atoms with Crippen molar-refractivity contribution in [1.29, 1.82) is 0 Å². The molecule has 3 aromatic rings. The first-order chi connectivity index (χ1) is 11.2. The van der Waals surface area contributed by atoms with Gasteiger partial charge < -0.3 is 14.6 Å². The molecule has 3 heteroatoms. The van der Waals surface area contributed by atoms with E-state index in [-0.39, 0.29) is 5.75 Å². The van der Waals surface area contributed by atoms with E-state index in [9.17, 15) is 5.11 Å². The Morgan fingerprint density at radius 3 is 2.00 bits per heavy atom. The molecular formula is C20H16O3. The van der Waals surface area contributed by atoms with E-state index in [2.05, 4.69) is 11.8 Å². The molecular weight excluding hydrogens is 288 g/mol. The van der Waals surface area contributed by atoms with Crippen LogP contribution in [0.5, 0.6) is 17.2 Å². The van der Waals surface area contributed by atoms with Gasteiger partial charge in [0.1, 0.15) is 17.2 Å². The molecule has 0 saturated heterocycles. The first-order valence-electron chi connectivity index (χ1n) is 7.16. The Morgan fingerprint density at radius 1 is 0.696 bits per heavy atom. The SMILES string of the molecule is COc1cc(C#Cc2ccc3cc(O)ccc3c2)cc(OC)c1. The molecule has 0 aliphatic heterocycles. The summed E-state index contributed by atoms with van der Waals surface area (Å²) in [6.45, 7) is 0. The maximum Gasteiger partial charge on any atom is 0.123 e. The van der Waals surface area contributed by atoms with Crippen LogP contribution >= 0.6 is 0 Å². The van der Waals surface area contributed by atoms with Crippen molar-refractivity contribution < 1.29 is 14.6 Å². The van der Waals surface area contributed by atoms with Gasteiger partial charge >= 0.3 is 0 Å². The van der Waals surface area contributed by atoms with Crippen LogP contribution < -0.4 is 9.47 Å². The number of phenols is 1. The lowest BCUT2D eigenvalue weighted by Gasteiger charge is -2.04. The van der Waals surface area contributed by atoms with Crippen LogP contribution in [0.3, 0.4) is 0 Å². The van der Waals surface area contributed by atoms with Gasteiger partial charge in [-0.25, -0.2) is 0 Å². The van der Waals surface area contributed by atoms with Gasteiger partial charge in [0.2, 0.25) is 0 Å². The van der Waals surface area contributed by atoms with Gasteiger partial charge in [-0.1, -0.05) is 24.0 Å². The molecule has 23 heavy (non-hydrogen) atoms. The lowest BCUT2D eigenvalue weighted by atomic mass is 10.1. The highest BCUT2D eigenvalue weighted by Crippen LogP contribution is 2.23. The van der Waals surface area contributed by atoms with Gasteiger partial charge in [-0.15, -0.1) is 0 Å². The molecule has 0 fully saturated rings. The Kier molecular flexibility index (Phi) is 4.07. The molecule has 0 atom stereocenters. The van der Waals surface area contributed by atoms with Gasteiger partial charge in [-0.05, 0) is 47.2 Å². The normalized spacial score (nSPS) is 10.0. The molecule has 3 nitrogen and oxygen atoms in total. The van der Waals surface area contributed by atoms with Crippen molar-refractivity contribution in [2.75, 3.05) is 14.2 Å². The molecule has 1 N–H and O–H groups in total. The van der Waals surface area contributed by atoms with Crippen molar-refractivity contribution in [1.82, 2.24) is 0 Å². The highest BCUT2D eigenvalue weighted by atomic mass is 16.5. The second-order valence-corrected chi connectivity index (χ2v) is 5.10. The number of hydrogen-bond acceptors (Lipinski definition) is 3. The average Bonchev–Trinajstić information content (AvgIpc) is 2.59. The van der Waals surface area contributed by atoms with Gasteiger partial charge in [0.15, 0.2) is 0 Å². The average molecular weight is 304 g/mol. The minimum Gasteiger partial charge on any atom is -0.508 e. The molecule has 0 amide bonds. The molecule has 0 aliphatic carbocycles. The molecule has 0 aliphatic rings. The highest BCUT2D eigenvalue weighted by molar-refractivity contribution is 5.85. The Labute approximate surface area is 135 Å². The van der Waals surface area contributed by atoms with E-state index >= 15 is 0 Å². The summed E-state index contributed by atoms with van der Waals surface area (Å²) in [6, 6.07) is 16.7. The monoisotopic (exact) mass is 304 g/mol. The number of phenolic OH excluding ortho intramolecular Hbond substituents is 1. The number of benzene rings is 3. The van der Waals surface area contributed by atoms with Crippen LogP contribution in [0.25, 0.3) is 10.8 Å². The molecule has 0 bridgehead atoms. The molecule has 0 aromatic heterocycles. The predicted molar refractivity (Wildman–Crippen MR) is 91.1 cm³/mol. The van der Waals surface area contributed by atoms with Crippen LogP contribution in [-0.2, 0) is 0 Å². The van der Waals surface area contributed by atoms with Gasteiger partial charge in [-0.3, -0.25) is 0 Å². The largest absolute Gasteiger partial charge is 0.508 e. The maximum atomic E-state index is 9.50. The van der Waals surface area contributed by atoms with Crippen molar-refractivity contribution in [3.63, 3.8) is 0 Å². The fourth-order valence-electron chi connectivity index (χ4n) is 2.33. The van der Waals surface area contributed by atoms with Crippen molar-refractivity contribution in [2.45, 2.75) is 0 Å². The third-order valence-electron chi connectivity index (χ3n) is 3.53. The van der Waals surface area contributed by atoms with Crippen LogP contribution in [0.1, 0.15) is 11.1 Å².